The lowest BCUT2D eigenvalue weighted by Crippen LogP contribution is -2.38. The van der Waals surface area contributed by atoms with E-state index in [1.165, 1.54) is 5.56 Å². The van der Waals surface area contributed by atoms with Crippen LogP contribution < -0.4 is 5.73 Å². The smallest absolute Gasteiger partial charge is 0.0482 e. The molecule has 0 fully saturated rings. The van der Waals surface area contributed by atoms with E-state index in [1.807, 2.05) is 18.2 Å². The zero-order valence-electron chi connectivity index (χ0n) is 12.9. The molecule has 1 rings (SSSR count). The van der Waals surface area contributed by atoms with Crippen LogP contribution in [0.3, 0.4) is 0 Å². The summed E-state index contributed by atoms with van der Waals surface area (Å²) >= 11 is 9.79. The Bertz CT molecular complexity index is 411. The Hall–Kier alpha value is -0.0900. The van der Waals surface area contributed by atoms with Crippen molar-refractivity contribution in [2.75, 3.05) is 19.6 Å². The minimum Gasteiger partial charge on any atom is -0.329 e. The van der Waals surface area contributed by atoms with Crippen LogP contribution in [-0.2, 0) is 0 Å². The lowest BCUT2D eigenvalue weighted by atomic mass is 10.0. The van der Waals surface area contributed by atoms with Gasteiger partial charge in [0.05, 0.1) is 0 Å². The molecule has 0 spiro atoms. The predicted octanol–water partition coefficient (Wildman–Crippen LogP) is 4.72. The summed E-state index contributed by atoms with van der Waals surface area (Å²) in [6, 6.07) is 6.13. The summed E-state index contributed by atoms with van der Waals surface area (Å²) in [6.07, 6.45) is 0. The number of nitrogens with two attached hydrogens (primary N) is 1. The highest BCUT2D eigenvalue weighted by Crippen LogP contribution is 2.30. The molecule has 114 valence electrons. The molecule has 0 aliphatic heterocycles. The van der Waals surface area contributed by atoms with E-state index >= 15 is 0 Å². The van der Waals surface area contributed by atoms with Gasteiger partial charge in [-0.1, -0.05) is 55.2 Å². The van der Waals surface area contributed by atoms with Crippen molar-refractivity contribution in [1.29, 1.82) is 0 Å². The van der Waals surface area contributed by atoms with Crippen LogP contribution in [0.4, 0.5) is 0 Å². The molecule has 1 atom stereocenters. The van der Waals surface area contributed by atoms with Crippen molar-refractivity contribution in [1.82, 2.24) is 4.90 Å². The zero-order valence-corrected chi connectivity index (χ0v) is 15.2. The van der Waals surface area contributed by atoms with Crippen LogP contribution in [0.25, 0.3) is 0 Å². The molecular weight excluding hydrogens is 336 g/mol. The van der Waals surface area contributed by atoms with E-state index in [2.05, 4.69) is 48.5 Å². The van der Waals surface area contributed by atoms with E-state index in [1.54, 1.807) is 0 Å². The van der Waals surface area contributed by atoms with Crippen LogP contribution in [0.1, 0.15) is 39.3 Å². The molecule has 0 aliphatic carbocycles. The molecule has 2 N–H and O–H groups in total. The normalized spacial score (nSPS) is 13.5. The summed E-state index contributed by atoms with van der Waals surface area (Å²) in [7, 11) is 0. The molecule has 1 unspecified atom stereocenters. The van der Waals surface area contributed by atoms with Crippen molar-refractivity contribution in [2.24, 2.45) is 17.6 Å². The Balaban J connectivity index is 3.07. The molecular formula is C16H26BrClN2. The van der Waals surface area contributed by atoms with Gasteiger partial charge in [0.1, 0.15) is 0 Å². The van der Waals surface area contributed by atoms with Crippen LogP contribution in [-0.4, -0.2) is 24.5 Å². The number of hydrogen-bond acceptors (Lipinski definition) is 2. The molecule has 4 heteroatoms. The average molecular weight is 362 g/mol. The Labute approximate surface area is 136 Å². The molecule has 0 aromatic heterocycles. The van der Waals surface area contributed by atoms with E-state index in [4.69, 9.17) is 17.3 Å². The fourth-order valence-electron chi connectivity index (χ4n) is 2.51. The summed E-state index contributed by atoms with van der Waals surface area (Å²) in [4.78, 5) is 2.48. The topological polar surface area (TPSA) is 29.3 Å². The van der Waals surface area contributed by atoms with Gasteiger partial charge in [0.15, 0.2) is 0 Å². The second-order valence-corrected chi connectivity index (χ2v) is 7.45. The lowest BCUT2D eigenvalue weighted by Gasteiger charge is -2.34. The maximum Gasteiger partial charge on any atom is 0.0482 e. The van der Waals surface area contributed by atoms with E-state index in [0.717, 1.165) is 22.6 Å². The van der Waals surface area contributed by atoms with Crippen LogP contribution in [0.2, 0.25) is 5.02 Å². The van der Waals surface area contributed by atoms with E-state index in [9.17, 15) is 0 Å². The highest BCUT2D eigenvalue weighted by molar-refractivity contribution is 9.10. The third-order valence-corrected chi connectivity index (χ3v) is 4.14. The summed E-state index contributed by atoms with van der Waals surface area (Å²) < 4.78 is 1.08. The summed E-state index contributed by atoms with van der Waals surface area (Å²) in [5, 5.41) is 0.760. The van der Waals surface area contributed by atoms with Gasteiger partial charge in [-0.15, -0.1) is 0 Å². The van der Waals surface area contributed by atoms with Gasteiger partial charge in [0, 0.05) is 35.2 Å². The van der Waals surface area contributed by atoms with Crippen molar-refractivity contribution in [2.45, 2.75) is 33.7 Å². The van der Waals surface area contributed by atoms with Gasteiger partial charge in [0.2, 0.25) is 0 Å². The Morgan fingerprint density at radius 3 is 2.15 bits per heavy atom. The molecule has 0 heterocycles. The largest absolute Gasteiger partial charge is 0.329 e. The van der Waals surface area contributed by atoms with E-state index < -0.39 is 0 Å². The molecule has 1 aromatic rings. The van der Waals surface area contributed by atoms with Gasteiger partial charge in [-0.2, -0.15) is 0 Å². The monoisotopic (exact) mass is 360 g/mol. The van der Waals surface area contributed by atoms with Crippen molar-refractivity contribution >= 4 is 27.5 Å². The predicted molar refractivity (Wildman–Crippen MR) is 92.2 cm³/mol. The standard InChI is InChI=1S/C16H26BrClN2/c1-11(2)9-20(10-12(3)4)16(8-19)14-7-13(18)5-6-15(14)17/h5-7,11-12,16H,8-10,19H2,1-4H3. The number of rotatable bonds is 7. The third kappa shape index (κ3) is 5.36. The minimum absolute atomic E-state index is 0.202. The molecule has 0 saturated heterocycles. The number of hydrogen-bond donors (Lipinski definition) is 1. The van der Waals surface area contributed by atoms with Crippen LogP contribution in [0.15, 0.2) is 22.7 Å². The molecule has 0 bridgehead atoms. The van der Waals surface area contributed by atoms with E-state index in [0.29, 0.717) is 18.4 Å². The molecule has 0 saturated carbocycles. The van der Waals surface area contributed by atoms with E-state index in [-0.39, 0.29) is 6.04 Å². The highest BCUT2D eigenvalue weighted by Gasteiger charge is 2.22. The van der Waals surface area contributed by atoms with Gasteiger partial charge in [-0.05, 0) is 35.6 Å². The highest BCUT2D eigenvalue weighted by atomic mass is 79.9. The Kier molecular flexibility index (Phi) is 7.52. The number of benzene rings is 1. The van der Waals surface area contributed by atoms with Crippen LogP contribution in [0, 0.1) is 11.8 Å². The molecule has 0 amide bonds. The second-order valence-electron chi connectivity index (χ2n) is 6.16. The molecule has 2 nitrogen and oxygen atoms in total. The van der Waals surface area contributed by atoms with Crippen molar-refractivity contribution in [3.8, 4) is 0 Å². The minimum atomic E-state index is 0.202. The molecule has 1 aromatic carbocycles. The summed E-state index contributed by atoms with van der Waals surface area (Å²) in [5.41, 5.74) is 7.25. The first-order valence-corrected chi connectivity index (χ1v) is 8.41. The Morgan fingerprint density at radius 1 is 1.15 bits per heavy atom. The quantitative estimate of drug-likeness (QED) is 0.761. The average Bonchev–Trinajstić information content (AvgIpc) is 2.32. The van der Waals surface area contributed by atoms with Crippen LogP contribution >= 0.6 is 27.5 Å². The zero-order chi connectivity index (χ0) is 15.3. The fraction of sp³-hybridized carbons (Fsp3) is 0.625. The first-order chi connectivity index (χ1) is 9.35. The fourth-order valence-corrected chi connectivity index (χ4v) is 3.20. The molecule has 0 aliphatic rings. The van der Waals surface area contributed by atoms with Crippen LogP contribution in [0.5, 0.6) is 0 Å². The Morgan fingerprint density at radius 2 is 1.70 bits per heavy atom. The van der Waals surface area contributed by atoms with Gasteiger partial charge in [-0.3, -0.25) is 4.90 Å². The molecule has 0 radical (unpaired) electrons. The maximum absolute atomic E-state index is 6.15. The number of halogens is 2. The second kappa shape index (κ2) is 8.38. The van der Waals surface area contributed by atoms with Gasteiger partial charge in [0.25, 0.3) is 0 Å². The first-order valence-electron chi connectivity index (χ1n) is 7.24. The van der Waals surface area contributed by atoms with Gasteiger partial charge < -0.3 is 5.73 Å². The molecule has 20 heavy (non-hydrogen) atoms. The first kappa shape index (κ1) is 18.0. The van der Waals surface area contributed by atoms with Crippen molar-refractivity contribution < 1.29 is 0 Å². The van der Waals surface area contributed by atoms with Crippen molar-refractivity contribution in [3.63, 3.8) is 0 Å². The van der Waals surface area contributed by atoms with Gasteiger partial charge in [-0.25, -0.2) is 0 Å². The number of nitrogens with zero attached hydrogens (tertiary/aromatic N) is 1. The maximum atomic E-state index is 6.15. The third-order valence-electron chi connectivity index (χ3n) is 3.18. The van der Waals surface area contributed by atoms with Gasteiger partial charge >= 0.3 is 0 Å². The SMILES string of the molecule is CC(C)CN(CC(C)C)C(CN)c1cc(Cl)ccc1Br. The van der Waals surface area contributed by atoms with Crippen molar-refractivity contribution in [3.05, 3.63) is 33.3 Å². The summed E-state index contributed by atoms with van der Waals surface area (Å²) in [6.45, 7) is 11.7. The lowest BCUT2D eigenvalue weighted by molar-refractivity contribution is 0.159. The summed E-state index contributed by atoms with van der Waals surface area (Å²) in [5.74, 6) is 1.22.